The highest BCUT2D eigenvalue weighted by Gasteiger charge is 2.33. The molecule has 0 bridgehead atoms. The van der Waals surface area contributed by atoms with Crippen molar-refractivity contribution in [3.63, 3.8) is 0 Å². The van der Waals surface area contributed by atoms with Gasteiger partial charge in [-0.05, 0) is 0 Å². The first-order valence-corrected chi connectivity index (χ1v) is 1.90. The molecule has 0 atom stereocenters. The first-order chi connectivity index (χ1) is 4.42. The fourth-order valence-corrected chi connectivity index (χ4v) is 0.0990. The van der Waals surface area contributed by atoms with Crippen molar-refractivity contribution < 1.29 is 27.8 Å². The number of hydrogen-bond donors (Lipinski definition) is 1. The standard InChI is InChI=1S/C2HF3O3.C2H4/c3-2(4,5)8-1(6)7;1-2/h(H,6,7);1-2H2. The monoisotopic (exact) mass is 158 g/mol. The molecule has 0 aromatic heterocycles. The van der Waals surface area contributed by atoms with Gasteiger partial charge in [-0.15, -0.1) is 26.3 Å². The van der Waals surface area contributed by atoms with Crippen LogP contribution in [0.1, 0.15) is 0 Å². The van der Waals surface area contributed by atoms with Gasteiger partial charge in [0.15, 0.2) is 0 Å². The van der Waals surface area contributed by atoms with Gasteiger partial charge in [0.25, 0.3) is 0 Å². The molecule has 60 valence electrons. The highest BCUT2D eigenvalue weighted by atomic mass is 19.4. The summed E-state index contributed by atoms with van der Waals surface area (Å²) in [6, 6.07) is 0. The Bertz CT molecular complexity index is 109. The summed E-state index contributed by atoms with van der Waals surface area (Å²) in [5, 5.41) is 7.31. The summed E-state index contributed by atoms with van der Waals surface area (Å²) < 4.78 is 34.5. The molecule has 0 unspecified atom stereocenters. The van der Waals surface area contributed by atoms with Crippen LogP contribution >= 0.6 is 0 Å². The Kier molecular flexibility index (Phi) is 5.39. The molecule has 0 aliphatic carbocycles. The van der Waals surface area contributed by atoms with Gasteiger partial charge >= 0.3 is 12.5 Å². The third kappa shape index (κ3) is 15.8. The Morgan fingerprint density at radius 3 is 1.70 bits per heavy atom. The first-order valence-electron chi connectivity index (χ1n) is 1.90. The van der Waals surface area contributed by atoms with E-state index in [2.05, 4.69) is 17.9 Å². The van der Waals surface area contributed by atoms with Crippen molar-refractivity contribution in [3.05, 3.63) is 13.2 Å². The molecule has 0 spiro atoms. The fraction of sp³-hybridized carbons (Fsp3) is 0.250. The SMILES string of the molecule is C=C.O=C(O)OC(F)(F)F. The Morgan fingerprint density at radius 2 is 1.70 bits per heavy atom. The van der Waals surface area contributed by atoms with E-state index in [4.69, 9.17) is 9.90 Å². The van der Waals surface area contributed by atoms with Crippen molar-refractivity contribution in [3.8, 4) is 0 Å². The lowest BCUT2D eigenvalue weighted by molar-refractivity contribution is -0.297. The van der Waals surface area contributed by atoms with Crippen LogP contribution in [0.5, 0.6) is 0 Å². The van der Waals surface area contributed by atoms with Crippen LogP contribution in [-0.4, -0.2) is 17.6 Å². The van der Waals surface area contributed by atoms with E-state index in [1.165, 1.54) is 0 Å². The van der Waals surface area contributed by atoms with E-state index in [1.807, 2.05) is 0 Å². The molecular formula is C4H5F3O3. The number of carboxylic acid groups (broad SMARTS) is 1. The van der Waals surface area contributed by atoms with Gasteiger partial charge in [-0.1, -0.05) is 0 Å². The van der Waals surface area contributed by atoms with Crippen molar-refractivity contribution in [2.75, 3.05) is 0 Å². The van der Waals surface area contributed by atoms with Crippen molar-refractivity contribution in [2.45, 2.75) is 6.36 Å². The van der Waals surface area contributed by atoms with Crippen molar-refractivity contribution in [1.82, 2.24) is 0 Å². The predicted octanol–water partition coefficient (Wildman–Crippen LogP) is 2.00. The van der Waals surface area contributed by atoms with Crippen LogP contribution in [0, 0.1) is 0 Å². The Labute approximate surface area is 54.7 Å². The molecule has 0 radical (unpaired) electrons. The highest BCUT2D eigenvalue weighted by Crippen LogP contribution is 2.15. The lowest BCUT2D eigenvalue weighted by atomic mass is 11.2. The molecule has 3 nitrogen and oxygen atoms in total. The maximum Gasteiger partial charge on any atom is 0.577 e. The van der Waals surface area contributed by atoms with Crippen molar-refractivity contribution in [1.29, 1.82) is 0 Å². The quantitative estimate of drug-likeness (QED) is 0.433. The molecule has 0 aromatic rings. The molecule has 6 heteroatoms. The summed E-state index contributed by atoms with van der Waals surface area (Å²) in [5.41, 5.74) is 0. The number of rotatable bonds is 0. The van der Waals surface area contributed by atoms with Crippen LogP contribution < -0.4 is 0 Å². The van der Waals surface area contributed by atoms with Gasteiger partial charge < -0.3 is 9.84 Å². The van der Waals surface area contributed by atoms with Gasteiger partial charge in [-0.25, -0.2) is 4.79 Å². The van der Waals surface area contributed by atoms with Crippen LogP contribution in [0.3, 0.4) is 0 Å². The van der Waals surface area contributed by atoms with E-state index < -0.39 is 12.5 Å². The molecule has 0 aliphatic rings. The van der Waals surface area contributed by atoms with Crippen molar-refractivity contribution >= 4 is 6.16 Å². The minimum Gasteiger partial charge on any atom is -0.450 e. The second kappa shape index (κ2) is 4.66. The number of hydrogen-bond acceptors (Lipinski definition) is 2. The van der Waals surface area contributed by atoms with E-state index in [0.29, 0.717) is 0 Å². The first kappa shape index (κ1) is 11.6. The van der Waals surface area contributed by atoms with E-state index in [9.17, 15) is 13.2 Å². The second-order valence-electron chi connectivity index (χ2n) is 0.814. The van der Waals surface area contributed by atoms with Gasteiger partial charge in [0, 0.05) is 0 Å². The zero-order chi connectivity index (χ0) is 8.78. The van der Waals surface area contributed by atoms with Crippen LogP contribution in [0.25, 0.3) is 0 Å². The Balaban J connectivity index is 0. The smallest absolute Gasteiger partial charge is 0.450 e. The third-order valence-electron chi connectivity index (χ3n) is 0.203. The minimum absolute atomic E-state index is 2.35. The zero-order valence-corrected chi connectivity index (χ0v) is 4.81. The maximum absolute atomic E-state index is 10.7. The molecule has 0 rings (SSSR count). The van der Waals surface area contributed by atoms with Crippen LogP contribution in [-0.2, 0) is 4.74 Å². The number of halogens is 3. The van der Waals surface area contributed by atoms with Crippen LogP contribution in [0.2, 0.25) is 0 Å². The summed E-state index contributed by atoms with van der Waals surface area (Å²) in [4.78, 5) is 9.07. The van der Waals surface area contributed by atoms with E-state index in [1.54, 1.807) is 0 Å². The van der Waals surface area contributed by atoms with E-state index >= 15 is 0 Å². The molecule has 0 fully saturated rings. The highest BCUT2D eigenvalue weighted by molar-refractivity contribution is 5.56. The van der Waals surface area contributed by atoms with Crippen molar-refractivity contribution in [2.24, 2.45) is 0 Å². The summed E-state index contributed by atoms with van der Waals surface area (Å²) in [5.74, 6) is 0. The summed E-state index contributed by atoms with van der Waals surface area (Å²) >= 11 is 0. The molecule has 0 aliphatic heterocycles. The molecule has 0 aromatic carbocycles. The van der Waals surface area contributed by atoms with Gasteiger partial charge in [0.2, 0.25) is 0 Å². The van der Waals surface area contributed by atoms with Crippen LogP contribution in [0.15, 0.2) is 13.2 Å². The predicted molar refractivity (Wildman–Crippen MR) is 26.4 cm³/mol. The normalized spacial score (nSPS) is 9.10. The summed E-state index contributed by atoms with van der Waals surface area (Å²) in [6.07, 6.45) is -7.43. The fourth-order valence-electron chi connectivity index (χ4n) is 0.0990. The minimum atomic E-state index is -5.08. The lowest BCUT2D eigenvalue weighted by Gasteiger charge is -2.00. The zero-order valence-electron chi connectivity index (χ0n) is 4.81. The molecule has 10 heavy (non-hydrogen) atoms. The second-order valence-corrected chi connectivity index (χ2v) is 0.814. The molecule has 0 saturated heterocycles. The average molecular weight is 158 g/mol. The third-order valence-corrected chi connectivity index (χ3v) is 0.203. The van der Waals surface area contributed by atoms with Gasteiger partial charge in [-0.3, -0.25) is 0 Å². The average Bonchev–Trinajstić information content (AvgIpc) is 1.64. The molecule has 0 saturated carbocycles. The number of ether oxygens (including phenoxy) is 1. The van der Waals surface area contributed by atoms with Gasteiger partial charge in [0.05, 0.1) is 0 Å². The lowest BCUT2D eigenvalue weighted by Crippen LogP contribution is -2.17. The largest absolute Gasteiger partial charge is 0.577 e. The van der Waals surface area contributed by atoms with Gasteiger partial charge in [-0.2, -0.15) is 0 Å². The molecular weight excluding hydrogens is 153 g/mol. The maximum atomic E-state index is 10.7. The topological polar surface area (TPSA) is 46.5 Å². The summed E-state index contributed by atoms with van der Waals surface area (Å²) in [6.45, 7) is 6.00. The Hall–Kier alpha value is -1.20. The summed E-state index contributed by atoms with van der Waals surface area (Å²) in [7, 11) is 0. The molecule has 0 heterocycles. The number of alkyl halides is 3. The van der Waals surface area contributed by atoms with Gasteiger partial charge in [0.1, 0.15) is 0 Å². The molecule has 1 N–H and O–H groups in total. The Morgan fingerprint density at radius 1 is 1.40 bits per heavy atom. The number of carbonyl (C=O) groups is 1. The van der Waals surface area contributed by atoms with E-state index in [0.717, 1.165) is 0 Å². The van der Waals surface area contributed by atoms with Crippen LogP contribution in [0.4, 0.5) is 18.0 Å². The van der Waals surface area contributed by atoms with E-state index in [-0.39, 0.29) is 0 Å². The molecule has 0 amide bonds.